The summed E-state index contributed by atoms with van der Waals surface area (Å²) in [5.41, 5.74) is 1.29. The summed E-state index contributed by atoms with van der Waals surface area (Å²) in [5.74, 6) is 0. The number of hydrogen-bond acceptors (Lipinski definition) is 4. The second kappa shape index (κ2) is 4.88. The van der Waals surface area contributed by atoms with Crippen LogP contribution < -0.4 is 5.32 Å². The topological polar surface area (TPSA) is 68.3 Å². The molecule has 0 fully saturated rings. The van der Waals surface area contributed by atoms with Gasteiger partial charge in [-0.25, -0.2) is 0 Å². The fourth-order valence-electron chi connectivity index (χ4n) is 1.40. The summed E-state index contributed by atoms with van der Waals surface area (Å²) in [7, 11) is 0. The first-order valence-corrected chi connectivity index (χ1v) is 5.23. The molecule has 5 nitrogen and oxygen atoms in total. The summed E-state index contributed by atoms with van der Waals surface area (Å²) >= 11 is 5.80. The van der Waals surface area contributed by atoms with Gasteiger partial charge in [-0.05, 0) is 18.2 Å². The zero-order valence-electron chi connectivity index (χ0n) is 8.72. The Kier molecular flexibility index (Phi) is 3.30. The SMILES string of the molecule is O=[N+]([O-])c1ccc(Cl)cc1NCc1ccoc1. The summed E-state index contributed by atoms with van der Waals surface area (Å²) in [4.78, 5) is 10.3. The lowest BCUT2D eigenvalue weighted by Crippen LogP contribution is -2.01. The van der Waals surface area contributed by atoms with Gasteiger partial charge in [0.1, 0.15) is 5.69 Å². The van der Waals surface area contributed by atoms with E-state index in [9.17, 15) is 10.1 Å². The first kappa shape index (κ1) is 11.5. The molecule has 1 N–H and O–H groups in total. The molecule has 2 rings (SSSR count). The van der Waals surface area contributed by atoms with Gasteiger partial charge in [0, 0.05) is 23.2 Å². The lowest BCUT2D eigenvalue weighted by atomic mass is 10.2. The molecule has 2 aromatic rings. The number of nitro benzene ring substituents is 1. The molecule has 1 aromatic carbocycles. The minimum atomic E-state index is -0.450. The van der Waals surface area contributed by atoms with Gasteiger partial charge in [-0.3, -0.25) is 10.1 Å². The van der Waals surface area contributed by atoms with Crippen molar-refractivity contribution >= 4 is 23.0 Å². The second-order valence-electron chi connectivity index (χ2n) is 3.40. The number of rotatable bonds is 4. The van der Waals surface area contributed by atoms with Gasteiger partial charge >= 0.3 is 0 Å². The lowest BCUT2D eigenvalue weighted by Gasteiger charge is -2.05. The van der Waals surface area contributed by atoms with Gasteiger partial charge in [0.05, 0.1) is 17.4 Å². The highest BCUT2D eigenvalue weighted by Crippen LogP contribution is 2.27. The molecule has 0 radical (unpaired) electrons. The predicted octanol–water partition coefficient (Wildman–Crippen LogP) is 3.45. The van der Waals surface area contributed by atoms with Crippen molar-refractivity contribution in [3.8, 4) is 0 Å². The van der Waals surface area contributed by atoms with E-state index in [4.69, 9.17) is 16.0 Å². The Bertz CT molecular complexity index is 526. The summed E-state index contributed by atoms with van der Waals surface area (Å²) < 4.78 is 4.90. The standard InChI is InChI=1S/C11H9ClN2O3/c12-9-1-2-11(14(15)16)10(5-9)13-6-8-3-4-17-7-8/h1-5,7,13H,6H2. The van der Waals surface area contributed by atoms with Crippen LogP contribution in [0, 0.1) is 10.1 Å². The molecular weight excluding hydrogens is 244 g/mol. The molecule has 0 aliphatic carbocycles. The van der Waals surface area contributed by atoms with Crippen LogP contribution in [-0.2, 0) is 6.54 Å². The van der Waals surface area contributed by atoms with Crippen molar-refractivity contribution in [3.05, 3.63) is 57.5 Å². The molecule has 0 saturated heterocycles. The molecule has 0 amide bonds. The maximum Gasteiger partial charge on any atom is 0.292 e. The van der Waals surface area contributed by atoms with E-state index in [1.165, 1.54) is 18.2 Å². The summed E-state index contributed by atoms with van der Waals surface area (Å²) in [6.45, 7) is 0.442. The van der Waals surface area contributed by atoms with E-state index in [1.807, 2.05) is 0 Å². The van der Waals surface area contributed by atoms with Crippen LogP contribution in [0.25, 0.3) is 0 Å². The number of anilines is 1. The van der Waals surface area contributed by atoms with E-state index in [0.29, 0.717) is 17.3 Å². The highest BCUT2D eigenvalue weighted by molar-refractivity contribution is 6.31. The van der Waals surface area contributed by atoms with Crippen molar-refractivity contribution in [3.63, 3.8) is 0 Å². The fourth-order valence-corrected chi connectivity index (χ4v) is 1.57. The van der Waals surface area contributed by atoms with Crippen LogP contribution in [0.3, 0.4) is 0 Å². The molecule has 6 heteroatoms. The quantitative estimate of drug-likeness (QED) is 0.668. The van der Waals surface area contributed by atoms with Gasteiger partial charge in [0.15, 0.2) is 0 Å². The number of halogens is 1. The third kappa shape index (κ3) is 2.76. The van der Waals surface area contributed by atoms with Crippen molar-refractivity contribution in [2.24, 2.45) is 0 Å². The smallest absolute Gasteiger partial charge is 0.292 e. The van der Waals surface area contributed by atoms with Gasteiger partial charge in [0.2, 0.25) is 0 Å². The van der Waals surface area contributed by atoms with Crippen LogP contribution in [0.15, 0.2) is 41.2 Å². The van der Waals surface area contributed by atoms with Crippen molar-refractivity contribution in [2.75, 3.05) is 5.32 Å². The normalized spacial score (nSPS) is 10.2. The third-order valence-corrected chi connectivity index (χ3v) is 2.45. The van der Waals surface area contributed by atoms with Crippen molar-refractivity contribution in [2.45, 2.75) is 6.54 Å². The first-order valence-electron chi connectivity index (χ1n) is 4.85. The van der Waals surface area contributed by atoms with Crippen molar-refractivity contribution < 1.29 is 9.34 Å². The van der Waals surface area contributed by atoms with Gasteiger partial charge in [0.25, 0.3) is 5.69 Å². The van der Waals surface area contributed by atoms with Gasteiger partial charge in [-0.2, -0.15) is 0 Å². The number of furan rings is 1. The minimum absolute atomic E-state index is 0.00195. The molecule has 0 aliphatic rings. The maximum absolute atomic E-state index is 10.8. The Balaban J connectivity index is 2.19. The Morgan fingerprint density at radius 2 is 2.24 bits per heavy atom. The van der Waals surface area contributed by atoms with Crippen LogP contribution in [0.2, 0.25) is 5.02 Å². The van der Waals surface area contributed by atoms with Crippen molar-refractivity contribution in [1.82, 2.24) is 0 Å². The Labute approximate surface area is 102 Å². The Morgan fingerprint density at radius 3 is 2.88 bits per heavy atom. The molecule has 0 spiro atoms. The molecule has 0 unspecified atom stereocenters. The average Bonchev–Trinajstić information content (AvgIpc) is 2.78. The highest BCUT2D eigenvalue weighted by atomic mass is 35.5. The van der Waals surface area contributed by atoms with Crippen LogP contribution in [0.5, 0.6) is 0 Å². The fraction of sp³-hybridized carbons (Fsp3) is 0.0909. The van der Waals surface area contributed by atoms with Gasteiger partial charge < -0.3 is 9.73 Å². The summed E-state index contributed by atoms with van der Waals surface area (Å²) in [6, 6.07) is 6.17. The van der Waals surface area contributed by atoms with Crippen molar-refractivity contribution in [1.29, 1.82) is 0 Å². The molecule has 1 heterocycles. The van der Waals surface area contributed by atoms with E-state index >= 15 is 0 Å². The van der Waals surface area contributed by atoms with E-state index < -0.39 is 4.92 Å². The lowest BCUT2D eigenvalue weighted by molar-refractivity contribution is -0.384. The second-order valence-corrected chi connectivity index (χ2v) is 3.84. The molecule has 0 atom stereocenters. The summed E-state index contributed by atoms with van der Waals surface area (Å²) in [5, 5.41) is 14.2. The predicted molar refractivity (Wildman–Crippen MR) is 64.1 cm³/mol. The Hall–Kier alpha value is -2.01. The van der Waals surface area contributed by atoms with E-state index in [-0.39, 0.29) is 5.69 Å². The minimum Gasteiger partial charge on any atom is -0.472 e. The number of benzene rings is 1. The van der Waals surface area contributed by atoms with Crippen LogP contribution in [-0.4, -0.2) is 4.92 Å². The number of hydrogen-bond donors (Lipinski definition) is 1. The number of nitro groups is 1. The van der Waals surface area contributed by atoms with Crippen LogP contribution in [0.1, 0.15) is 5.56 Å². The molecule has 0 saturated carbocycles. The Morgan fingerprint density at radius 1 is 1.41 bits per heavy atom. The number of nitrogens with one attached hydrogen (secondary N) is 1. The monoisotopic (exact) mass is 252 g/mol. The van der Waals surface area contributed by atoms with E-state index in [0.717, 1.165) is 5.56 Å². The van der Waals surface area contributed by atoms with Gasteiger partial charge in [-0.1, -0.05) is 11.6 Å². The maximum atomic E-state index is 10.8. The molecule has 1 aromatic heterocycles. The highest BCUT2D eigenvalue weighted by Gasteiger charge is 2.13. The zero-order chi connectivity index (χ0) is 12.3. The molecule has 0 aliphatic heterocycles. The molecule has 0 bridgehead atoms. The van der Waals surface area contributed by atoms with E-state index in [2.05, 4.69) is 5.32 Å². The molecule has 17 heavy (non-hydrogen) atoms. The zero-order valence-corrected chi connectivity index (χ0v) is 9.48. The average molecular weight is 253 g/mol. The largest absolute Gasteiger partial charge is 0.472 e. The molecule has 88 valence electrons. The number of nitrogens with zero attached hydrogens (tertiary/aromatic N) is 1. The van der Waals surface area contributed by atoms with Gasteiger partial charge in [-0.15, -0.1) is 0 Å². The summed E-state index contributed by atoms with van der Waals surface area (Å²) in [6.07, 6.45) is 3.12. The third-order valence-electron chi connectivity index (χ3n) is 2.22. The molecular formula is C11H9ClN2O3. The first-order chi connectivity index (χ1) is 8.16. The van der Waals surface area contributed by atoms with Crippen LogP contribution in [0.4, 0.5) is 11.4 Å². The van der Waals surface area contributed by atoms with E-state index in [1.54, 1.807) is 18.6 Å². The van der Waals surface area contributed by atoms with Crippen LogP contribution >= 0.6 is 11.6 Å².